The molecule has 1 aliphatic carbocycles. The van der Waals surface area contributed by atoms with Crippen LogP contribution in [0.2, 0.25) is 0 Å². The minimum absolute atomic E-state index is 0.00931. The lowest BCUT2D eigenvalue weighted by Crippen LogP contribution is -2.38. The highest BCUT2D eigenvalue weighted by Crippen LogP contribution is 2.32. The third-order valence-corrected chi connectivity index (χ3v) is 4.01. The van der Waals surface area contributed by atoms with Gasteiger partial charge in [0.1, 0.15) is 11.5 Å². The normalized spacial score (nSPS) is 25.4. The van der Waals surface area contributed by atoms with E-state index < -0.39 is 0 Å². The summed E-state index contributed by atoms with van der Waals surface area (Å²) in [5.41, 5.74) is 0.768. The van der Waals surface area contributed by atoms with E-state index in [1.54, 1.807) is 0 Å². The van der Waals surface area contributed by atoms with Crippen molar-refractivity contribution in [2.75, 3.05) is 13.1 Å². The second kappa shape index (κ2) is 5.07. The number of amides is 2. The number of carbonyl (C=O) groups excluding carboxylic acids is 1. The quantitative estimate of drug-likeness (QED) is 0.829. The van der Waals surface area contributed by atoms with Gasteiger partial charge in [0.2, 0.25) is 0 Å². The van der Waals surface area contributed by atoms with E-state index in [0.29, 0.717) is 18.4 Å². The first-order chi connectivity index (χ1) is 9.22. The minimum atomic E-state index is 0.00931. The molecule has 2 atom stereocenters. The molecule has 1 fully saturated rings. The molecule has 102 valence electrons. The van der Waals surface area contributed by atoms with Crippen molar-refractivity contribution in [3.63, 3.8) is 0 Å². The molecule has 0 radical (unpaired) electrons. The number of aryl methyl sites for hydroxylation is 1. The molecule has 2 amide bonds. The third kappa shape index (κ3) is 2.64. The van der Waals surface area contributed by atoms with Crippen LogP contribution in [0.3, 0.4) is 0 Å². The summed E-state index contributed by atoms with van der Waals surface area (Å²) in [4.78, 5) is 14.0. The summed E-state index contributed by atoms with van der Waals surface area (Å²) in [6, 6.07) is 1.85. The molecular weight excluding hydrogens is 242 g/mol. The van der Waals surface area contributed by atoms with Crippen LogP contribution >= 0.6 is 0 Å². The summed E-state index contributed by atoms with van der Waals surface area (Å²) in [5, 5.41) is 6.78. The summed E-state index contributed by atoms with van der Waals surface area (Å²) < 4.78 is 4.98. The molecule has 0 aromatic carbocycles. The molecule has 1 aromatic heterocycles. The van der Waals surface area contributed by atoms with Crippen molar-refractivity contribution in [1.82, 2.24) is 15.4 Å². The van der Waals surface area contributed by atoms with E-state index in [1.165, 1.54) is 0 Å². The molecule has 1 aliphatic heterocycles. The third-order valence-electron chi connectivity index (χ3n) is 4.01. The standard InChI is InChI=1S/C14H19N3O2/c1-10-6-13(16-19-10)7-15-14(18)17-8-11-4-2-3-5-12(11)9-17/h2-3,6,11-12H,4-5,7-9H2,1H3,(H,15,18). The van der Waals surface area contributed by atoms with E-state index in [4.69, 9.17) is 4.52 Å². The number of rotatable bonds is 2. The molecule has 5 heteroatoms. The Balaban J connectivity index is 1.51. The van der Waals surface area contributed by atoms with Crippen LogP contribution in [0.4, 0.5) is 4.79 Å². The topological polar surface area (TPSA) is 58.4 Å². The summed E-state index contributed by atoms with van der Waals surface area (Å²) >= 11 is 0. The van der Waals surface area contributed by atoms with Crippen LogP contribution in [0, 0.1) is 18.8 Å². The maximum absolute atomic E-state index is 12.1. The van der Waals surface area contributed by atoms with Gasteiger partial charge in [-0.2, -0.15) is 0 Å². The van der Waals surface area contributed by atoms with Crippen LogP contribution in [-0.4, -0.2) is 29.2 Å². The Morgan fingerprint density at radius 2 is 2.11 bits per heavy atom. The molecular formula is C14H19N3O2. The number of nitrogens with zero attached hydrogens (tertiary/aromatic N) is 2. The van der Waals surface area contributed by atoms with E-state index in [0.717, 1.165) is 37.4 Å². The van der Waals surface area contributed by atoms with Crippen molar-refractivity contribution < 1.29 is 9.32 Å². The first-order valence-electron chi connectivity index (χ1n) is 6.82. The molecule has 0 spiro atoms. The van der Waals surface area contributed by atoms with Crippen LogP contribution in [-0.2, 0) is 6.54 Å². The monoisotopic (exact) mass is 261 g/mol. The predicted octanol–water partition coefficient (Wildman–Crippen LogP) is 2.09. The van der Waals surface area contributed by atoms with Gasteiger partial charge in [-0.05, 0) is 31.6 Å². The average molecular weight is 261 g/mol. The summed E-state index contributed by atoms with van der Waals surface area (Å²) in [5.74, 6) is 2.05. The first-order valence-corrected chi connectivity index (χ1v) is 6.82. The Labute approximate surface area is 112 Å². The number of urea groups is 1. The molecule has 0 saturated carbocycles. The highest BCUT2D eigenvalue weighted by molar-refractivity contribution is 5.74. The highest BCUT2D eigenvalue weighted by Gasteiger charge is 2.34. The lowest BCUT2D eigenvalue weighted by Gasteiger charge is -2.17. The van der Waals surface area contributed by atoms with Gasteiger partial charge >= 0.3 is 6.03 Å². The number of carbonyl (C=O) groups is 1. The summed E-state index contributed by atoms with van der Waals surface area (Å²) in [7, 11) is 0. The van der Waals surface area contributed by atoms with E-state index in [9.17, 15) is 4.79 Å². The van der Waals surface area contributed by atoms with E-state index >= 15 is 0 Å². The number of fused-ring (bicyclic) bond motifs is 1. The molecule has 1 aromatic rings. The first kappa shape index (κ1) is 12.3. The molecule has 2 aliphatic rings. The van der Waals surface area contributed by atoms with Crippen LogP contribution in [0.1, 0.15) is 24.3 Å². The van der Waals surface area contributed by atoms with Crippen molar-refractivity contribution in [2.45, 2.75) is 26.3 Å². The van der Waals surface area contributed by atoms with E-state index in [1.807, 2.05) is 17.9 Å². The van der Waals surface area contributed by atoms with Crippen molar-refractivity contribution >= 4 is 6.03 Å². The Morgan fingerprint density at radius 3 is 2.68 bits per heavy atom. The molecule has 2 heterocycles. The minimum Gasteiger partial charge on any atom is -0.361 e. The van der Waals surface area contributed by atoms with Gasteiger partial charge in [-0.25, -0.2) is 4.79 Å². The summed E-state index contributed by atoms with van der Waals surface area (Å²) in [6.45, 7) is 4.02. The largest absolute Gasteiger partial charge is 0.361 e. The fraction of sp³-hybridized carbons (Fsp3) is 0.571. The second-order valence-electron chi connectivity index (χ2n) is 5.46. The molecule has 5 nitrogen and oxygen atoms in total. The Hall–Kier alpha value is -1.78. The summed E-state index contributed by atoms with van der Waals surface area (Å²) in [6.07, 6.45) is 6.69. The number of likely N-dealkylation sites (tertiary alicyclic amines) is 1. The van der Waals surface area contributed by atoms with Crippen LogP contribution in [0.15, 0.2) is 22.7 Å². The fourth-order valence-electron chi connectivity index (χ4n) is 2.96. The number of nitrogens with one attached hydrogen (secondary N) is 1. The van der Waals surface area contributed by atoms with Gasteiger partial charge in [0.25, 0.3) is 0 Å². The average Bonchev–Trinajstić information content (AvgIpc) is 3.01. The number of hydrogen-bond acceptors (Lipinski definition) is 3. The maximum Gasteiger partial charge on any atom is 0.317 e. The zero-order chi connectivity index (χ0) is 13.2. The Bertz CT molecular complexity index is 479. The maximum atomic E-state index is 12.1. The van der Waals surface area contributed by atoms with Gasteiger partial charge in [0.15, 0.2) is 0 Å². The van der Waals surface area contributed by atoms with Crippen LogP contribution < -0.4 is 5.32 Å². The second-order valence-corrected chi connectivity index (χ2v) is 5.46. The van der Waals surface area contributed by atoms with Gasteiger partial charge < -0.3 is 14.7 Å². The zero-order valence-electron chi connectivity index (χ0n) is 11.1. The van der Waals surface area contributed by atoms with Crippen LogP contribution in [0.5, 0.6) is 0 Å². The van der Waals surface area contributed by atoms with Gasteiger partial charge in [0.05, 0.1) is 6.54 Å². The smallest absolute Gasteiger partial charge is 0.317 e. The molecule has 19 heavy (non-hydrogen) atoms. The molecule has 1 N–H and O–H groups in total. The molecule has 3 rings (SSSR count). The zero-order valence-corrected chi connectivity index (χ0v) is 11.1. The van der Waals surface area contributed by atoms with Gasteiger partial charge in [-0.1, -0.05) is 17.3 Å². The van der Waals surface area contributed by atoms with Gasteiger partial charge in [0, 0.05) is 19.2 Å². The van der Waals surface area contributed by atoms with Crippen LogP contribution in [0.25, 0.3) is 0 Å². The van der Waals surface area contributed by atoms with E-state index in [-0.39, 0.29) is 6.03 Å². The fourth-order valence-corrected chi connectivity index (χ4v) is 2.96. The van der Waals surface area contributed by atoms with Gasteiger partial charge in [-0.15, -0.1) is 0 Å². The number of aromatic nitrogens is 1. The van der Waals surface area contributed by atoms with Crippen molar-refractivity contribution in [3.05, 3.63) is 29.7 Å². The van der Waals surface area contributed by atoms with Crippen molar-refractivity contribution in [2.24, 2.45) is 11.8 Å². The van der Waals surface area contributed by atoms with Crippen molar-refractivity contribution in [1.29, 1.82) is 0 Å². The Kier molecular flexibility index (Phi) is 3.27. The highest BCUT2D eigenvalue weighted by atomic mass is 16.5. The molecule has 2 unspecified atom stereocenters. The van der Waals surface area contributed by atoms with E-state index in [2.05, 4.69) is 22.6 Å². The molecule has 1 saturated heterocycles. The number of allylic oxidation sites excluding steroid dienone is 2. The SMILES string of the molecule is Cc1cc(CNC(=O)N2CC3CC=CCC3C2)no1. The predicted molar refractivity (Wildman–Crippen MR) is 70.4 cm³/mol. The number of hydrogen-bond donors (Lipinski definition) is 1. The lowest BCUT2D eigenvalue weighted by atomic mass is 9.86. The molecule has 0 bridgehead atoms. The van der Waals surface area contributed by atoms with Crippen molar-refractivity contribution in [3.8, 4) is 0 Å². The Morgan fingerprint density at radius 1 is 1.42 bits per heavy atom. The van der Waals surface area contributed by atoms with Gasteiger partial charge in [-0.3, -0.25) is 0 Å². The lowest BCUT2D eigenvalue weighted by molar-refractivity contribution is 0.205.